The fourth-order valence-electron chi connectivity index (χ4n) is 5.32. The van der Waals surface area contributed by atoms with Crippen molar-refractivity contribution < 1.29 is 37.9 Å². The molecule has 0 radical (unpaired) electrons. The van der Waals surface area contributed by atoms with Gasteiger partial charge < -0.3 is 19.3 Å². The zero-order valence-corrected chi connectivity index (χ0v) is 34.7. The van der Waals surface area contributed by atoms with Crippen molar-refractivity contribution in [3.05, 3.63) is 85.1 Å². The van der Waals surface area contributed by atoms with Gasteiger partial charge in [0.15, 0.2) is 6.10 Å². The molecular weight excluding hydrogens is 699 g/mol. The highest BCUT2D eigenvalue weighted by Crippen LogP contribution is 2.36. The first-order valence-corrected chi connectivity index (χ1v) is 22.4. The molecule has 2 N–H and O–H groups in total. The molecule has 0 rings (SSSR count). The summed E-state index contributed by atoms with van der Waals surface area (Å²) in [5.74, 6) is -0.977. The maximum atomic E-state index is 12.4. The lowest BCUT2D eigenvalue weighted by atomic mass is 10.1. The average Bonchev–Trinajstić information content (AvgIpc) is 3.14. The van der Waals surface area contributed by atoms with Gasteiger partial charge in [-0.15, -0.1) is 0 Å². The van der Waals surface area contributed by atoms with Crippen molar-refractivity contribution in [3.63, 3.8) is 0 Å². The summed E-state index contributed by atoms with van der Waals surface area (Å²) in [5, 5.41) is 0. The van der Waals surface area contributed by atoms with Gasteiger partial charge in [0.25, 0.3) is 0 Å². The predicted octanol–water partition coefficient (Wildman–Crippen LogP) is 12.8. The van der Waals surface area contributed by atoms with Crippen LogP contribution in [0.3, 0.4) is 0 Å². The molecule has 9 heteroatoms. The van der Waals surface area contributed by atoms with E-state index in [4.69, 9.17) is 19.3 Å². The fourth-order valence-corrected chi connectivity index (χ4v) is 5.68. The number of allylic oxidation sites excluding steroid dienone is 14. The maximum absolute atomic E-state index is 12.4. The Morgan fingerprint density at radius 3 is 1.39 bits per heavy atom. The summed E-state index contributed by atoms with van der Waals surface area (Å²) in [6.45, 7) is 3.50. The Bertz CT molecular complexity index is 1140. The molecule has 308 valence electrons. The second-order valence-electron chi connectivity index (χ2n) is 13.6. The van der Waals surface area contributed by atoms with E-state index in [1.54, 1.807) is 0 Å². The van der Waals surface area contributed by atoms with Crippen LogP contribution >= 0.6 is 7.82 Å². The molecule has 1 atom stereocenters. The molecule has 0 aromatic rings. The number of hydrogen-bond donors (Lipinski definition) is 2. The lowest BCUT2D eigenvalue weighted by molar-refractivity contribution is -0.161. The Hall–Kier alpha value is -2.77. The zero-order valence-electron chi connectivity index (χ0n) is 33.8. The second-order valence-corrected chi connectivity index (χ2v) is 14.8. The Labute approximate surface area is 329 Å². The van der Waals surface area contributed by atoms with Gasteiger partial charge in [-0.25, -0.2) is 4.57 Å². The molecule has 0 aliphatic rings. The number of esters is 2. The third-order valence-electron chi connectivity index (χ3n) is 8.40. The maximum Gasteiger partial charge on any atom is 0.469 e. The molecule has 0 aromatic carbocycles. The summed E-state index contributed by atoms with van der Waals surface area (Å²) >= 11 is 0. The number of carbonyl (C=O) groups is 2. The van der Waals surface area contributed by atoms with Gasteiger partial charge in [-0.3, -0.25) is 14.1 Å². The molecule has 0 heterocycles. The van der Waals surface area contributed by atoms with Crippen molar-refractivity contribution in [2.24, 2.45) is 0 Å². The first kappa shape index (κ1) is 51.2. The normalized spacial score (nSPS) is 13.3. The number of hydrogen-bond acceptors (Lipinski definition) is 6. The quantitative estimate of drug-likeness (QED) is 0.0277. The van der Waals surface area contributed by atoms with Gasteiger partial charge >= 0.3 is 19.8 Å². The lowest BCUT2D eigenvalue weighted by Gasteiger charge is -2.18. The molecule has 0 unspecified atom stereocenters. The van der Waals surface area contributed by atoms with Crippen molar-refractivity contribution in [3.8, 4) is 0 Å². The number of phosphoric ester groups is 1. The molecule has 0 fully saturated rings. The number of phosphoric acid groups is 1. The predicted molar refractivity (Wildman–Crippen MR) is 225 cm³/mol. The average molecular weight is 775 g/mol. The van der Waals surface area contributed by atoms with Crippen molar-refractivity contribution >= 4 is 19.8 Å². The molecular formula is C45H75O8P. The van der Waals surface area contributed by atoms with E-state index in [9.17, 15) is 14.2 Å². The van der Waals surface area contributed by atoms with Crippen molar-refractivity contribution in [2.45, 2.75) is 174 Å². The van der Waals surface area contributed by atoms with E-state index >= 15 is 0 Å². The van der Waals surface area contributed by atoms with Crippen LogP contribution in [0.25, 0.3) is 0 Å². The van der Waals surface area contributed by atoms with E-state index < -0.39 is 32.5 Å². The summed E-state index contributed by atoms with van der Waals surface area (Å²) in [4.78, 5) is 42.8. The fraction of sp³-hybridized carbons (Fsp3) is 0.644. The van der Waals surface area contributed by atoms with E-state index in [0.717, 1.165) is 77.0 Å². The van der Waals surface area contributed by atoms with Gasteiger partial charge in [0.05, 0.1) is 6.61 Å². The van der Waals surface area contributed by atoms with Gasteiger partial charge in [0, 0.05) is 12.8 Å². The van der Waals surface area contributed by atoms with E-state index in [0.29, 0.717) is 12.8 Å². The first-order chi connectivity index (χ1) is 26.3. The smallest absolute Gasteiger partial charge is 0.462 e. The number of unbranched alkanes of at least 4 members (excludes halogenated alkanes) is 13. The van der Waals surface area contributed by atoms with Crippen LogP contribution in [-0.4, -0.2) is 41.0 Å². The van der Waals surface area contributed by atoms with Crippen LogP contribution in [0.5, 0.6) is 0 Å². The van der Waals surface area contributed by atoms with Gasteiger partial charge in [0.1, 0.15) is 6.61 Å². The van der Waals surface area contributed by atoms with Gasteiger partial charge in [-0.2, -0.15) is 0 Å². The Morgan fingerprint density at radius 2 is 0.907 bits per heavy atom. The number of ether oxygens (including phenoxy) is 2. The SMILES string of the molecule is CC/C=C/C/C=C/C/C=C/CCCCCCCC(=O)O[C@H](COC(=O)CCC/C=C/C/C=C/C/C=C/C/C=C/CCCCCCCCC)COP(=O)(O)O. The highest BCUT2D eigenvalue weighted by Gasteiger charge is 2.22. The molecule has 0 saturated carbocycles. The van der Waals surface area contributed by atoms with E-state index in [-0.39, 0.29) is 19.4 Å². The Morgan fingerprint density at radius 1 is 0.500 bits per heavy atom. The number of carbonyl (C=O) groups excluding carboxylic acids is 2. The van der Waals surface area contributed by atoms with Gasteiger partial charge in [0.2, 0.25) is 0 Å². The molecule has 8 nitrogen and oxygen atoms in total. The van der Waals surface area contributed by atoms with Crippen LogP contribution in [-0.2, 0) is 28.2 Å². The van der Waals surface area contributed by atoms with E-state index in [1.165, 1.54) is 51.4 Å². The highest BCUT2D eigenvalue weighted by molar-refractivity contribution is 7.46. The van der Waals surface area contributed by atoms with Crippen LogP contribution in [0, 0.1) is 0 Å². The Kier molecular flexibility index (Phi) is 37.9. The third kappa shape index (κ3) is 42.0. The van der Waals surface area contributed by atoms with Crippen LogP contribution < -0.4 is 0 Å². The van der Waals surface area contributed by atoms with Crippen LogP contribution in [0.15, 0.2) is 85.1 Å². The van der Waals surface area contributed by atoms with Gasteiger partial charge in [-0.1, -0.05) is 157 Å². The molecule has 0 aliphatic carbocycles. The molecule has 0 aliphatic heterocycles. The van der Waals surface area contributed by atoms with Crippen LogP contribution in [0.4, 0.5) is 0 Å². The minimum Gasteiger partial charge on any atom is -0.462 e. The second kappa shape index (κ2) is 39.9. The minimum absolute atomic E-state index is 0.176. The summed E-state index contributed by atoms with van der Waals surface area (Å²) in [6, 6.07) is 0. The van der Waals surface area contributed by atoms with Crippen LogP contribution in [0.2, 0.25) is 0 Å². The van der Waals surface area contributed by atoms with Crippen molar-refractivity contribution in [1.82, 2.24) is 0 Å². The molecule has 0 bridgehead atoms. The summed E-state index contributed by atoms with van der Waals surface area (Å²) in [5.41, 5.74) is 0. The molecule has 0 spiro atoms. The first-order valence-electron chi connectivity index (χ1n) is 20.9. The topological polar surface area (TPSA) is 119 Å². The van der Waals surface area contributed by atoms with Crippen molar-refractivity contribution in [1.29, 1.82) is 0 Å². The number of rotatable bonds is 37. The minimum atomic E-state index is -4.78. The summed E-state index contributed by atoms with van der Waals surface area (Å²) < 4.78 is 26.3. The van der Waals surface area contributed by atoms with Gasteiger partial charge in [-0.05, 0) is 83.5 Å². The molecule has 0 saturated heterocycles. The molecule has 0 aromatic heterocycles. The monoisotopic (exact) mass is 775 g/mol. The van der Waals surface area contributed by atoms with Crippen molar-refractivity contribution in [2.75, 3.05) is 13.2 Å². The lowest BCUT2D eigenvalue weighted by Crippen LogP contribution is -2.29. The largest absolute Gasteiger partial charge is 0.469 e. The summed E-state index contributed by atoms with van der Waals surface area (Å²) in [7, 11) is -4.78. The zero-order chi connectivity index (χ0) is 39.6. The van der Waals surface area contributed by atoms with E-state index in [2.05, 4.69) is 97.4 Å². The van der Waals surface area contributed by atoms with E-state index in [1.807, 2.05) is 6.08 Å². The highest BCUT2D eigenvalue weighted by atomic mass is 31.2. The summed E-state index contributed by atoms with van der Waals surface area (Å²) in [6.07, 6.45) is 53.1. The Balaban J connectivity index is 4.06. The standard InChI is InChI=1S/C45H75O8P/c1-3-5-7-9-11-13-15-17-19-20-21-22-23-24-26-27-29-31-33-35-37-39-44(46)51-41-43(42-52-54(48,49)50)53-45(47)40-38-36-34-32-30-28-25-18-16-14-12-10-8-6-4-2/h6,8,12,14,18-20,22-23,25-27,31,33,43H,3-5,7,9-11,13,15-17,21,24,28-30,32,34-42H2,1-2H3,(H2,48,49,50)/b8-6+,14-12+,20-19+,23-22+,25-18+,27-26+,33-31+/t43-/m1/s1. The molecule has 0 amide bonds. The molecule has 54 heavy (non-hydrogen) atoms. The third-order valence-corrected chi connectivity index (χ3v) is 8.88. The van der Waals surface area contributed by atoms with Crippen LogP contribution in [0.1, 0.15) is 168 Å².